The van der Waals surface area contributed by atoms with E-state index in [1.165, 1.54) is 19.3 Å². The fraction of sp³-hybridized carbons (Fsp3) is 0.500. The molecule has 1 aliphatic rings. The molecule has 0 aliphatic carbocycles. The Morgan fingerprint density at radius 3 is 2.70 bits per heavy atom. The van der Waals surface area contributed by atoms with Crippen molar-refractivity contribution in [2.24, 2.45) is 10.9 Å². The molecule has 0 spiro atoms. The standard InChI is InChI=1S/C14H20N3O3/c1-5-8(2)12(16-10(4)18)14(20)17-11-7-15-6-9(3)13(11)19/h6-8,11-12H,3,5H2,1-2,4H3,(H,16,18)(H,17,20)/t8-,11-,12-/m0/s1. The van der Waals surface area contributed by atoms with Gasteiger partial charge in [0.2, 0.25) is 11.8 Å². The highest BCUT2D eigenvalue weighted by atomic mass is 16.2. The van der Waals surface area contributed by atoms with Gasteiger partial charge in [-0.05, 0) is 12.8 Å². The zero-order valence-corrected chi connectivity index (χ0v) is 12.0. The summed E-state index contributed by atoms with van der Waals surface area (Å²) < 4.78 is 0. The molecule has 3 atom stereocenters. The van der Waals surface area contributed by atoms with Gasteiger partial charge in [0.05, 0.1) is 0 Å². The van der Waals surface area contributed by atoms with Crippen LogP contribution in [0.2, 0.25) is 0 Å². The fourth-order valence-electron chi connectivity index (χ4n) is 1.82. The lowest BCUT2D eigenvalue weighted by atomic mass is 9.97. The summed E-state index contributed by atoms with van der Waals surface area (Å²) in [5.74, 6) is -1.01. The van der Waals surface area contributed by atoms with E-state index in [0.717, 1.165) is 6.42 Å². The van der Waals surface area contributed by atoms with Gasteiger partial charge in [0.25, 0.3) is 0 Å². The topological polar surface area (TPSA) is 87.6 Å². The van der Waals surface area contributed by atoms with Crippen LogP contribution in [0.3, 0.4) is 0 Å². The molecule has 20 heavy (non-hydrogen) atoms. The predicted molar refractivity (Wildman–Crippen MR) is 75.9 cm³/mol. The highest BCUT2D eigenvalue weighted by Gasteiger charge is 2.29. The van der Waals surface area contributed by atoms with E-state index in [2.05, 4.69) is 22.5 Å². The monoisotopic (exact) mass is 278 g/mol. The van der Waals surface area contributed by atoms with Crippen molar-refractivity contribution in [1.82, 2.24) is 10.6 Å². The number of ketones is 1. The van der Waals surface area contributed by atoms with Crippen molar-refractivity contribution in [1.29, 1.82) is 0 Å². The minimum atomic E-state index is -0.819. The smallest absolute Gasteiger partial charge is 0.243 e. The number of hydrogen-bond donors (Lipinski definition) is 2. The van der Waals surface area contributed by atoms with Crippen LogP contribution in [0.5, 0.6) is 0 Å². The van der Waals surface area contributed by atoms with Gasteiger partial charge in [-0.2, -0.15) is 0 Å². The Balaban J connectivity index is 2.76. The van der Waals surface area contributed by atoms with Crippen LogP contribution in [0.25, 0.3) is 0 Å². The van der Waals surface area contributed by atoms with Gasteiger partial charge < -0.3 is 10.6 Å². The molecule has 0 saturated heterocycles. The van der Waals surface area contributed by atoms with Crippen LogP contribution >= 0.6 is 0 Å². The molecule has 1 aliphatic heterocycles. The molecule has 0 unspecified atom stereocenters. The van der Waals surface area contributed by atoms with Crippen LogP contribution in [0, 0.1) is 12.8 Å². The van der Waals surface area contributed by atoms with Crippen molar-refractivity contribution < 1.29 is 14.4 Å². The first-order chi connectivity index (χ1) is 9.36. The van der Waals surface area contributed by atoms with Gasteiger partial charge in [0.15, 0.2) is 5.78 Å². The SMILES string of the molecule is [CH2]C1=CN=C[C@H](NC(=O)[C@@H](NC(C)=O)[C@@H](C)CC)C1=O. The fourth-order valence-corrected chi connectivity index (χ4v) is 1.82. The molecule has 0 bridgehead atoms. The third-order valence-corrected chi connectivity index (χ3v) is 3.22. The highest BCUT2D eigenvalue weighted by molar-refractivity contribution is 6.13. The van der Waals surface area contributed by atoms with Crippen molar-refractivity contribution in [3.8, 4) is 0 Å². The van der Waals surface area contributed by atoms with E-state index < -0.39 is 18.0 Å². The number of rotatable bonds is 5. The normalized spacial score (nSPS) is 20.9. The third kappa shape index (κ3) is 4.01. The number of hydrogen-bond acceptors (Lipinski definition) is 4. The Morgan fingerprint density at radius 2 is 2.15 bits per heavy atom. The second kappa shape index (κ2) is 6.98. The van der Waals surface area contributed by atoms with Gasteiger partial charge in [-0.1, -0.05) is 20.3 Å². The second-order valence-electron chi connectivity index (χ2n) is 4.87. The molecule has 1 heterocycles. The lowest BCUT2D eigenvalue weighted by Crippen LogP contribution is -2.54. The maximum atomic E-state index is 12.2. The summed E-state index contributed by atoms with van der Waals surface area (Å²) in [4.78, 5) is 39.1. The van der Waals surface area contributed by atoms with Crippen LogP contribution < -0.4 is 10.6 Å². The first kappa shape index (κ1) is 16.1. The summed E-state index contributed by atoms with van der Waals surface area (Å²) in [7, 11) is 0. The zero-order valence-electron chi connectivity index (χ0n) is 12.0. The molecule has 1 rings (SSSR count). The van der Waals surface area contributed by atoms with E-state index in [4.69, 9.17) is 0 Å². The Bertz CT molecular complexity index is 468. The molecular formula is C14H20N3O3. The lowest BCUT2D eigenvalue weighted by Gasteiger charge is -2.25. The summed E-state index contributed by atoms with van der Waals surface area (Å²) in [5.41, 5.74) is 0.248. The molecule has 0 aromatic carbocycles. The van der Waals surface area contributed by atoms with E-state index in [1.54, 1.807) is 0 Å². The molecule has 6 heteroatoms. The molecule has 0 aromatic rings. The summed E-state index contributed by atoms with van der Waals surface area (Å²) in [6, 6.07) is -1.49. The van der Waals surface area contributed by atoms with Gasteiger partial charge in [0.1, 0.15) is 12.1 Å². The quantitative estimate of drug-likeness (QED) is 0.762. The molecule has 2 amide bonds. The van der Waals surface area contributed by atoms with E-state index in [1.807, 2.05) is 13.8 Å². The molecule has 6 nitrogen and oxygen atoms in total. The number of carbonyl (C=O) groups is 3. The number of carbonyl (C=O) groups excluding carboxylic acids is 3. The van der Waals surface area contributed by atoms with E-state index in [-0.39, 0.29) is 23.2 Å². The number of nitrogens with zero attached hydrogens (tertiary/aromatic N) is 1. The van der Waals surface area contributed by atoms with Crippen LogP contribution in [0.4, 0.5) is 0 Å². The van der Waals surface area contributed by atoms with E-state index in [9.17, 15) is 14.4 Å². The molecule has 1 radical (unpaired) electrons. The average Bonchev–Trinajstić information content (AvgIpc) is 2.40. The van der Waals surface area contributed by atoms with E-state index in [0.29, 0.717) is 0 Å². The molecule has 0 fully saturated rings. The molecule has 2 N–H and O–H groups in total. The van der Waals surface area contributed by atoms with Crippen molar-refractivity contribution in [3.05, 3.63) is 18.7 Å². The van der Waals surface area contributed by atoms with Crippen LogP contribution in [-0.4, -0.2) is 35.9 Å². The maximum absolute atomic E-state index is 12.2. The van der Waals surface area contributed by atoms with Crippen LogP contribution in [-0.2, 0) is 14.4 Å². The Hall–Kier alpha value is -1.98. The van der Waals surface area contributed by atoms with E-state index >= 15 is 0 Å². The minimum Gasteiger partial charge on any atom is -0.344 e. The summed E-state index contributed by atoms with van der Waals surface area (Å²) >= 11 is 0. The maximum Gasteiger partial charge on any atom is 0.243 e. The molecule has 0 saturated carbocycles. The van der Waals surface area contributed by atoms with Crippen LogP contribution in [0.1, 0.15) is 27.2 Å². The molecular weight excluding hydrogens is 258 g/mol. The largest absolute Gasteiger partial charge is 0.344 e. The van der Waals surface area contributed by atoms with Crippen molar-refractivity contribution >= 4 is 23.8 Å². The number of aliphatic imine (C=N–C) groups is 1. The summed E-state index contributed by atoms with van der Waals surface area (Å²) in [6.45, 7) is 8.70. The summed E-state index contributed by atoms with van der Waals surface area (Å²) in [6.07, 6.45) is 3.44. The van der Waals surface area contributed by atoms with Crippen molar-refractivity contribution in [2.45, 2.75) is 39.3 Å². The van der Waals surface area contributed by atoms with Gasteiger partial charge in [-0.3, -0.25) is 19.4 Å². The number of Topliss-reactive ketones (excluding diaryl/α,β-unsaturated/α-hetero) is 1. The minimum absolute atomic E-state index is 0.0377. The van der Waals surface area contributed by atoms with Crippen LogP contribution in [0.15, 0.2) is 16.8 Å². The number of amides is 2. The zero-order chi connectivity index (χ0) is 15.3. The van der Waals surface area contributed by atoms with Gasteiger partial charge in [-0.25, -0.2) is 0 Å². The van der Waals surface area contributed by atoms with Gasteiger partial charge in [0, 0.05) is 24.9 Å². The first-order valence-electron chi connectivity index (χ1n) is 6.54. The number of nitrogens with one attached hydrogen (secondary N) is 2. The Labute approximate surface area is 118 Å². The predicted octanol–water partition coefficient (Wildman–Crippen LogP) is 0.393. The van der Waals surface area contributed by atoms with Gasteiger partial charge in [-0.15, -0.1) is 0 Å². The Morgan fingerprint density at radius 1 is 1.50 bits per heavy atom. The van der Waals surface area contributed by atoms with Gasteiger partial charge >= 0.3 is 0 Å². The van der Waals surface area contributed by atoms with Crippen molar-refractivity contribution in [2.75, 3.05) is 0 Å². The average molecular weight is 278 g/mol. The second-order valence-corrected chi connectivity index (χ2v) is 4.87. The lowest BCUT2D eigenvalue weighted by molar-refractivity contribution is -0.130. The van der Waals surface area contributed by atoms with Crippen molar-refractivity contribution in [3.63, 3.8) is 0 Å². The molecule has 109 valence electrons. The molecule has 0 aromatic heterocycles. The Kier molecular flexibility index (Phi) is 5.61. The third-order valence-electron chi connectivity index (χ3n) is 3.22. The highest BCUT2D eigenvalue weighted by Crippen LogP contribution is 2.10. The first-order valence-corrected chi connectivity index (χ1v) is 6.54. The summed E-state index contributed by atoms with van der Waals surface area (Å²) in [5, 5.41) is 5.20.